The predicted molar refractivity (Wildman–Crippen MR) is 104 cm³/mol. The van der Waals surface area contributed by atoms with Crippen LogP contribution >= 0.6 is 0 Å². The molecule has 1 atom stereocenters. The van der Waals surface area contributed by atoms with Crippen molar-refractivity contribution in [2.24, 2.45) is 5.92 Å². The number of carbonyl (C=O) groups is 1. The summed E-state index contributed by atoms with van der Waals surface area (Å²) >= 11 is 0. The smallest absolute Gasteiger partial charge is 0.260 e. The predicted octanol–water partition coefficient (Wildman–Crippen LogP) is 3.48. The van der Waals surface area contributed by atoms with Gasteiger partial charge in [0, 0.05) is 12.1 Å². The van der Waals surface area contributed by atoms with Crippen molar-refractivity contribution in [1.82, 2.24) is 4.90 Å². The standard InChI is InChI=1S/C22H27NO4/c1-15(2)22(25)17-6-9-20-18(12-17)13-23(10-11-26-20)21(24)14-27-19-7-4-16(3)5-8-19/h4-9,12,15,22,25H,10-11,13-14H2,1-3H3. The van der Waals surface area contributed by atoms with Crippen LogP contribution in [0.2, 0.25) is 0 Å². The molecule has 144 valence electrons. The molecule has 0 radical (unpaired) electrons. The van der Waals surface area contributed by atoms with Gasteiger partial charge in [0.05, 0.1) is 12.6 Å². The molecule has 2 aromatic carbocycles. The molecule has 0 spiro atoms. The summed E-state index contributed by atoms with van der Waals surface area (Å²) in [7, 11) is 0. The Morgan fingerprint density at radius 3 is 2.67 bits per heavy atom. The molecule has 1 aliphatic heterocycles. The number of amides is 1. The van der Waals surface area contributed by atoms with Crippen LogP contribution in [0.15, 0.2) is 42.5 Å². The van der Waals surface area contributed by atoms with Gasteiger partial charge in [0.2, 0.25) is 0 Å². The molecular weight excluding hydrogens is 342 g/mol. The Morgan fingerprint density at radius 2 is 1.96 bits per heavy atom. The highest BCUT2D eigenvalue weighted by atomic mass is 16.5. The number of aliphatic hydroxyl groups is 1. The maximum atomic E-state index is 12.6. The van der Waals surface area contributed by atoms with E-state index in [0.29, 0.717) is 25.4 Å². The van der Waals surface area contributed by atoms with Gasteiger partial charge in [-0.05, 0) is 42.7 Å². The maximum Gasteiger partial charge on any atom is 0.260 e. The van der Waals surface area contributed by atoms with Crippen molar-refractivity contribution in [2.45, 2.75) is 33.4 Å². The van der Waals surface area contributed by atoms with Gasteiger partial charge in [0.15, 0.2) is 6.61 Å². The van der Waals surface area contributed by atoms with Crippen LogP contribution in [0.5, 0.6) is 11.5 Å². The third kappa shape index (κ3) is 4.80. The Kier molecular flexibility index (Phi) is 6.01. The molecule has 0 aromatic heterocycles. The number of aryl methyl sites for hydroxylation is 1. The number of nitrogens with zero attached hydrogens (tertiary/aromatic N) is 1. The van der Waals surface area contributed by atoms with E-state index in [1.807, 2.05) is 63.2 Å². The van der Waals surface area contributed by atoms with Gasteiger partial charge in [-0.15, -0.1) is 0 Å². The van der Waals surface area contributed by atoms with Crippen molar-refractivity contribution in [2.75, 3.05) is 19.8 Å². The molecule has 3 rings (SSSR count). The largest absolute Gasteiger partial charge is 0.491 e. The normalized spacial score (nSPS) is 14.9. The molecule has 1 N–H and O–H groups in total. The van der Waals surface area contributed by atoms with Crippen molar-refractivity contribution < 1.29 is 19.4 Å². The highest BCUT2D eigenvalue weighted by molar-refractivity contribution is 5.78. The minimum Gasteiger partial charge on any atom is -0.491 e. The van der Waals surface area contributed by atoms with E-state index in [9.17, 15) is 9.90 Å². The summed E-state index contributed by atoms with van der Waals surface area (Å²) in [6.45, 7) is 7.35. The summed E-state index contributed by atoms with van der Waals surface area (Å²) in [5, 5.41) is 10.3. The second kappa shape index (κ2) is 8.44. The zero-order chi connectivity index (χ0) is 19.4. The quantitative estimate of drug-likeness (QED) is 0.877. The van der Waals surface area contributed by atoms with Crippen LogP contribution in [-0.4, -0.2) is 35.7 Å². The summed E-state index contributed by atoms with van der Waals surface area (Å²) in [6.07, 6.45) is -0.535. The van der Waals surface area contributed by atoms with Crippen molar-refractivity contribution in [3.63, 3.8) is 0 Å². The van der Waals surface area contributed by atoms with Crippen LogP contribution in [0.3, 0.4) is 0 Å². The molecule has 0 saturated carbocycles. The highest BCUT2D eigenvalue weighted by Gasteiger charge is 2.22. The Balaban J connectivity index is 1.68. The average molecular weight is 369 g/mol. The van der Waals surface area contributed by atoms with E-state index in [-0.39, 0.29) is 18.4 Å². The molecule has 0 fully saturated rings. The number of hydrogen-bond donors (Lipinski definition) is 1. The van der Waals surface area contributed by atoms with Crippen molar-refractivity contribution in [3.05, 3.63) is 59.2 Å². The van der Waals surface area contributed by atoms with Crippen LogP contribution < -0.4 is 9.47 Å². The van der Waals surface area contributed by atoms with Gasteiger partial charge in [-0.3, -0.25) is 4.79 Å². The first-order valence-corrected chi connectivity index (χ1v) is 9.35. The number of ether oxygens (including phenoxy) is 2. The average Bonchev–Trinajstić information content (AvgIpc) is 2.88. The molecule has 1 aliphatic rings. The molecule has 1 unspecified atom stereocenters. The molecule has 1 amide bonds. The fraction of sp³-hybridized carbons (Fsp3) is 0.409. The van der Waals surface area contributed by atoms with Crippen molar-refractivity contribution in [3.8, 4) is 11.5 Å². The van der Waals surface area contributed by atoms with E-state index in [2.05, 4.69) is 0 Å². The van der Waals surface area contributed by atoms with E-state index in [0.717, 1.165) is 22.4 Å². The summed E-state index contributed by atoms with van der Waals surface area (Å²) in [5.74, 6) is 1.49. The molecular formula is C22H27NO4. The van der Waals surface area contributed by atoms with Gasteiger partial charge in [-0.2, -0.15) is 0 Å². The van der Waals surface area contributed by atoms with Gasteiger partial charge in [0.25, 0.3) is 5.91 Å². The van der Waals surface area contributed by atoms with Crippen molar-refractivity contribution >= 4 is 5.91 Å². The van der Waals surface area contributed by atoms with Gasteiger partial charge in [-0.1, -0.05) is 37.6 Å². The SMILES string of the molecule is Cc1ccc(OCC(=O)N2CCOc3ccc(C(O)C(C)C)cc3C2)cc1. The van der Waals surface area contributed by atoms with Crippen LogP contribution in [-0.2, 0) is 11.3 Å². The van der Waals surface area contributed by atoms with E-state index >= 15 is 0 Å². The molecule has 1 heterocycles. The van der Waals surface area contributed by atoms with E-state index in [4.69, 9.17) is 9.47 Å². The molecule has 27 heavy (non-hydrogen) atoms. The van der Waals surface area contributed by atoms with E-state index in [1.165, 1.54) is 0 Å². The summed E-state index contributed by atoms with van der Waals surface area (Å²) in [5.41, 5.74) is 2.90. The fourth-order valence-electron chi connectivity index (χ4n) is 3.07. The van der Waals surface area contributed by atoms with Crippen LogP contribution in [0.1, 0.15) is 36.6 Å². The van der Waals surface area contributed by atoms with Crippen LogP contribution in [0.25, 0.3) is 0 Å². The Morgan fingerprint density at radius 1 is 1.22 bits per heavy atom. The topological polar surface area (TPSA) is 59.0 Å². The zero-order valence-corrected chi connectivity index (χ0v) is 16.1. The second-order valence-corrected chi connectivity index (χ2v) is 7.32. The first-order valence-electron chi connectivity index (χ1n) is 9.35. The lowest BCUT2D eigenvalue weighted by Gasteiger charge is -2.21. The maximum absolute atomic E-state index is 12.6. The Labute approximate surface area is 160 Å². The lowest BCUT2D eigenvalue weighted by Crippen LogP contribution is -2.36. The lowest BCUT2D eigenvalue weighted by atomic mass is 9.97. The fourth-order valence-corrected chi connectivity index (χ4v) is 3.07. The van der Waals surface area contributed by atoms with Gasteiger partial charge in [0.1, 0.15) is 18.1 Å². The lowest BCUT2D eigenvalue weighted by molar-refractivity contribution is -0.134. The van der Waals surface area contributed by atoms with E-state index in [1.54, 1.807) is 4.90 Å². The number of fused-ring (bicyclic) bond motifs is 1. The van der Waals surface area contributed by atoms with E-state index < -0.39 is 6.10 Å². The Hall–Kier alpha value is -2.53. The third-order valence-corrected chi connectivity index (χ3v) is 4.77. The molecule has 0 aliphatic carbocycles. The molecule has 0 bridgehead atoms. The van der Waals surface area contributed by atoms with Crippen LogP contribution in [0, 0.1) is 12.8 Å². The van der Waals surface area contributed by atoms with Gasteiger partial charge < -0.3 is 19.5 Å². The van der Waals surface area contributed by atoms with Gasteiger partial charge >= 0.3 is 0 Å². The highest BCUT2D eigenvalue weighted by Crippen LogP contribution is 2.29. The third-order valence-electron chi connectivity index (χ3n) is 4.77. The molecule has 0 saturated heterocycles. The minimum atomic E-state index is -0.535. The molecule has 5 nitrogen and oxygen atoms in total. The monoisotopic (exact) mass is 369 g/mol. The first kappa shape index (κ1) is 19.2. The summed E-state index contributed by atoms with van der Waals surface area (Å²) < 4.78 is 11.4. The van der Waals surface area contributed by atoms with Crippen molar-refractivity contribution in [1.29, 1.82) is 0 Å². The van der Waals surface area contributed by atoms with Crippen LogP contribution in [0.4, 0.5) is 0 Å². The molecule has 2 aromatic rings. The number of hydrogen-bond acceptors (Lipinski definition) is 4. The number of benzene rings is 2. The Bertz CT molecular complexity index is 785. The second-order valence-electron chi connectivity index (χ2n) is 7.32. The minimum absolute atomic E-state index is 0.00724. The number of carbonyl (C=O) groups excluding carboxylic acids is 1. The number of aliphatic hydroxyl groups excluding tert-OH is 1. The first-order chi connectivity index (χ1) is 12.9. The summed E-state index contributed by atoms with van der Waals surface area (Å²) in [6, 6.07) is 13.3. The summed E-state index contributed by atoms with van der Waals surface area (Å²) in [4.78, 5) is 14.4. The number of rotatable bonds is 5. The van der Waals surface area contributed by atoms with Gasteiger partial charge in [-0.25, -0.2) is 0 Å². The zero-order valence-electron chi connectivity index (χ0n) is 16.1. The molecule has 5 heteroatoms.